The summed E-state index contributed by atoms with van der Waals surface area (Å²) in [6.07, 6.45) is 2.63. The Hall–Kier alpha value is -0.730. The predicted molar refractivity (Wildman–Crippen MR) is 76.3 cm³/mol. The summed E-state index contributed by atoms with van der Waals surface area (Å²) in [6, 6.07) is 7.68. The minimum atomic E-state index is 0.307. The van der Waals surface area contributed by atoms with Crippen molar-refractivity contribution in [3.8, 4) is 5.75 Å². The van der Waals surface area contributed by atoms with Crippen LogP contribution in [0.1, 0.15) is 26.7 Å². The van der Waals surface area contributed by atoms with Gasteiger partial charge in [-0.25, -0.2) is 0 Å². The summed E-state index contributed by atoms with van der Waals surface area (Å²) < 4.78 is 6.17. The minimum Gasteiger partial charge on any atom is -0.490 e. The maximum Gasteiger partial charge on any atom is 0.119 e. The Morgan fingerprint density at radius 3 is 2.61 bits per heavy atom. The van der Waals surface area contributed by atoms with Crippen LogP contribution in [0, 0.1) is 11.8 Å². The Morgan fingerprint density at radius 2 is 2.06 bits per heavy atom. The third kappa shape index (κ3) is 3.89. The van der Waals surface area contributed by atoms with E-state index in [0.29, 0.717) is 17.9 Å². The molecule has 1 aromatic rings. The highest BCUT2D eigenvalue weighted by molar-refractivity contribution is 6.30. The molecule has 1 fully saturated rings. The van der Waals surface area contributed by atoms with Crippen LogP contribution in [0.4, 0.5) is 0 Å². The van der Waals surface area contributed by atoms with E-state index in [4.69, 9.17) is 16.3 Å². The molecule has 1 aromatic carbocycles. The maximum atomic E-state index is 6.17. The Bertz CT molecular complexity index is 357. The molecule has 0 amide bonds. The van der Waals surface area contributed by atoms with Gasteiger partial charge >= 0.3 is 0 Å². The molecule has 1 N–H and O–H groups in total. The zero-order valence-electron chi connectivity index (χ0n) is 11.2. The van der Waals surface area contributed by atoms with Gasteiger partial charge in [0, 0.05) is 17.5 Å². The van der Waals surface area contributed by atoms with Crippen molar-refractivity contribution >= 4 is 11.6 Å². The molecule has 2 rings (SSSR count). The first-order chi connectivity index (χ1) is 8.65. The second-order valence-corrected chi connectivity index (χ2v) is 5.93. The summed E-state index contributed by atoms with van der Waals surface area (Å²) in [5, 5.41) is 4.17. The zero-order valence-corrected chi connectivity index (χ0v) is 11.9. The fraction of sp³-hybridized carbons (Fsp3) is 0.600. The number of ether oxygens (including phenoxy) is 1. The topological polar surface area (TPSA) is 21.3 Å². The van der Waals surface area contributed by atoms with E-state index < -0.39 is 0 Å². The van der Waals surface area contributed by atoms with Crippen LogP contribution in [-0.4, -0.2) is 19.2 Å². The first-order valence-corrected chi connectivity index (χ1v) is 7.16. The van der Waals surface area contributed by atoms with Gasteiger partial charge in [-0.05, 0) is 49.6 Å². The molecule has 3 heteroatoms. The monoisotopic (exact) mass is 267 g/mol. The van der Waals surface area contributed by atoms with Crippen molar-refractivity contribution in [2.24, 2.45) is 11.8 Å². The quantitative estimate of drug-likeness (QED) is 0.877. The Morgan fingerprint density at radius 1 is 1.33 bits per heavy atom. The minimum absolute atomic E-state index is 0.307. The number of rotatable bonds is 5. The van der Waals surface area contributed by atoms with Gasteiger partial charge in [0.15, 0.2) is 0 Å². The molecule has 1 aliphatic heterocycles. The molecule has 0 spiro atoms. The van der Waals surface area contributed by atoms with E-state index >= 15 is 0 Å². The summed E-state index contributed by atoms with van der Waals surface area (Å²) in [7, 11) is 0. The van der Waals surface area contributed by atoms with Gasteiger partial charge < -0.3 is 10.1 Å². The molecular weight excluding hydrogens is 246 g/mol. The number of hydrogen-bond donors (Lipinski definition) is 1. The van der Waals surface area contributed by atoms with Gasteiger partial charge in [0.2, 0.25) is 0 Å². The number of hydrogen-bond acceptors (Lipinski definition) is 2. The summed E-state index contributed by atoms with van der Waals surface area (Å²) >= 11 is 5.89. The molecule has 0 radical (unpaired) electrons. The summed E-state index contributed by atoms with van der Waals surface area (Å²) in [5.74, 6) is 2.21. The van der Waals surface area contributed by atoms with Gasteiger partial charge in [0.25, 0.3) is 0 Å². The molecule has 0 unspecified atom stereocenters. The van der Waals surface area contributed by atoms with Gasteiger partial charge in [-0.1, -0.05) is 25.4 Å². The molecule has 1 heterocycles. The van der Waals surface area contributed by atoms with Crippen LogP contribution >= 0.6 is 11.6 Å². The van der Waals surface area contributed by atoms with Gasteiger partial charge in [0.1, 0.15) is 11.9 Å². The van der Waals surface area contributed by atoms with Gasteiger partial charge in [-0.2, -0.15) is 0 Å². The molecule has 2 nitrogen and oxygen atoms in total. The lowest BCUT2D eigenvalue weighted by molar-refractivity contribution is 0.119. The van der Waals surface area contributed by atoms with Crippen LogP contribution in [0.3, 0.4) is 0 Å². The summed E-state index contributed by atoms with van der Waals surface area (Å²) in [4.78, 5) is 0. The zero-order chi connectivity index (χ0) is 13.0. The van der Waals surface area contributed by atoms with Crippen LogP contribution in [0.15, 0.2) is 24.3 Å². The average molecular weight is 268 g/mol. The van der Waals surface area contributed by atoms with Gasteiger partial charge in [-0.3, -0.25) is 0 Å². The smallest absolute Gasteiger partial charge is 0.119 e. The van der Waals surface area contributed by atoms with E-state index in [1.165, 1.54) is 6.42 Å². The Balaban J connectivity index is 2.01. The van der Waals surface area contributed by atoms with Crippen LogP contribution in [0.5, 0.6) is 5.75 Å². The molecule has 100 valence electrons. The highest BCUT2D eigenvalue weighted by atomic mass is 35.5. The molecule has 0 bridgehead atoms. The molecule has 0 saturated carbocycles. The molecule has 0 aromatic heterocycles. The molecule has 2 atom stereocenters. The van der Waals surface area contributed by atoms with E-state index in [-0.39, 0.29) is 0 Å². The second kappa shape index (κ2) is 6.44. The van der Waals surface area contributed by atoms with E-state index in [9.17, 15) is 0 Å². The highest BCUT2D eigenvalue weighted by Crippen LogP contribution is 2.25. The maximum absolute atomic E-state index is 6.17. The largest absolute Gasteiger partial charge is 0.490 e. The van der Waals surface area contributed by atoms with Crippen molar-refractivity contribution in [3.05, 3.63) is 29.3 Å². The van der Waals surface area contributed by atoms with Gasteiger partial charge in [-0.15, -0.1) is 0 Å². The predicted octanol–water partition coefficient (Wildman–Crippen LogP) is 3.74. The van der Waals surface area contributed by atoms with E-state index in [1.54, 1.807) is 0 Å². The summed E-state index contributed by atoms with van der Waals surface area (Å²) in [5.41, 5.74) is 0. The van der Waals surface area contributed by atoms with E-state index in [1.807, 2.05) is 24.3 Å². The standard InChI is InChI=1S/C15H22ClNO/c1-11(2)9-15(12-7-8-17-10-12)18-14-5-3-13(16)4-6-14/h3-6,11-12,15,17H,7-10H2,1-2H3/t12-,15+/m0/s1. The molecular formula is C15H22ClNO. The number of halogens is 1. The van der Waals surface area contributed by atoms with Crippen molar-refractivity contribution in [1.82, 2.24) is 5.32 Å². The lowest BCUT2D eigenvalue weighted by atomic mass is 9.93. The normalized spacial score (nSPS) is 21.2. The Kier molecular flexibility index (Phi) is 4.90. The van der Waals surface area contributed by atoms with E-state index in [0.717, 1.165) is 30.3 Å². The molecule has 1 saturated heterocycles. The van der Waals surface area contributed by atoms with Crippen LogP contribution < -0.4 is 10.1 Å². The van der Waals surface area contributed by atoms with Crippen molar-refractivity contribution in [2.75, 3.05) is 13.1 Å². The lowest BCUT2D eigenvalue weighted by Gasteiger charge is -2.26. The van der Waals surface area contributed by atoms with E-state index in [2.05, 4.69) is 19.2 Å². The fourth-order valence-electron chi connectivity index (χ4n) is 2.48. The average Bonchev–Trinajstić information content (AvgIpc) is 2.84. The van der Waals surface area contributed by atoms with Crippen molar-refractivity contribution in [3.63, 3.8) is 0 Å². The van der Waals surface area contributed by atoms with Crippen molar-refractivity contribution < 1.29 is 4.74 Å². The number of nitrogens with one attached hydrogen (secondary N) is 1. The SMILES string of the molecule is CC(C)C[C@@H](Oc1ccc(Cl)cc1)[C@H]1CCNC1. The van der Waals surface area contributed by atoms with Crippen LogP contribution in [-0.2, 0) is 0 Å². The third-order valence-corrected chi connectivity index (χ3v) is 3.68. The highest BCUT2D eigenvalue weighted by Gasteiger charge is 2.27. The van der Waals surface area contributed by atoms with Gasteiger partial charge in [0.05, 0.1) is 0 Å². The fourth-order valence-corrected chi connectivity index (χ4v) is 2.61. The van der Waals surface area contributed by atoms with Crippen LogP contribution in [0.2, 0.25) is 5.02 Å². The van der Waals surface area contributed by atoms with Crippen molar-refractivity contribution in [1.29, 1.82) is 0 Å². The first-order valence-electron chi connectivity index (χ1n) is 6.78. The third-order valence-electron chi connectivity index (χ3n) is 3.43. The molecule has 1 aliphatic rings. The molecule has 0 aliphatic carbocycles. The van der Waals surface area contributed by atoms with Crippen LogP contribution in [0.25, 0.3) is 0 Å². The van der Waals surface area contributed by atoms with Crippen molar-refractivity contribution in [2.45, 2.75) is 32.8 Å². The second-order valence-electron chi connectivity index (χ2n) is 5.49. The molecule has 18 heavy (non-hydrogen) atoms. The first kappa shape index (κ1) is 13.7. The number of benzene rings is 1. The Labute approximate surface area is 115 Å². The summed E-state index contributed by atoms with van der Waals surface area (Å²) in [6.45, 7) is 6.69. The lowest BCUT2D eigenvalue weighted by Crippen LogP contribution is -2.30.